The van der Waals surface area contributed by atoms with E-state index in [1.54, 1.807) is 0 Å². The predicted molar refractivity (Wildman–Crippen MR) is 59.7 cm³/mol. The average Bonchev–Trinajstić information content (AvgIpc) is 2.84. The maximum absolute atomic E-state index is 4.19. The summed E-state index contributed by atoms with van der Waals surface area (Å²) < 4.78 is 0. The lowest BCUT2D eigenvalue weighted by atomic mass is 10.3. The maximum atomic E-state index is 4.19. The minimum atomic E-state index is 0.326. The molecule has 0 unspecified atom stereocenters. The fourth-order valence-electron chi connectivity index (χ4n) is 1.47. The van der Waals surface area contributed by atoms with Crippen LogP contribution in [0.5, 0.6) is 0 Å². The Hall–Kier alpha value is -1.25. The molecule has 0 amide bonds. The molecule has 1 heterocycles. The van der Waals surface area contributed by atoms with Crippen LogP contribution in [-0.4, -0.2) is 17.1 Å². The van der Waals surface area contributed by atoms with Gasteiger partial charge in [0.2, 0.25) is 0 Å². The maximum Gasteiger partial charge on any atom is 0.0551 e. The van der Waals surface area contributed by atoms with Crippen molar-refractivity contribution in [3.8, 4) is 0 Å². The van der Waals surface area contributed by atoms with E-state index in [9.17, 15) is 0 Å². The van der Waals surface area contributed by atoms with Gasteiger partial charge in [-0.2, -0.15) is 0 Å². The quantitative estimate of drug-likeness (QED) is 0.767. The zero-order valence-electron chi connectivity index (χ0n) is 8.80. The second kappa shape index (κ2) is 3.48. The Morgan fingerprint density at radius 1 is 1.36 bits per heavy atom. The van der Waals surface area contributed by atoms with Gasteiger partial charge in [0.15, 0.2) is 0 Å². The molecule has 0 spiro atoms. The van der Waals surface area contributed by atoms with Gasteiger partial charge in [0, 0.05) is 12.1 Å². The number of hydrogen-bond donors (Lipinski definition) is 2. The largest absolute Gasteiger partial charge is 0.384 e. The molecule has 0 aromatic carbocycles. The van der Waals surface area contributed by atoms with E-state index in [1.165, 1.54) is 12.8 Å². The van der Waals surface area contributed by atoms with Gasteiger partial charge < -0.3 is 10.6 Å². The van der Waals surface area contributed by atoms with Crippen molar-refractivity contribution in [2.45, 2.75) is 32.2 Å². The fraction of sp³-hybridized carbons (Fsp3) is 0.545. The molecule has 1 saturated carbocycles. The first-order valence-electron chi connectivity index (χ1n) is 5.19. The Labute approximate surface area is 84.9 Å². The van der Waals surface area contributed by atoms with E-state index in [4.69, 9.17) is 0 Å². The van der Waals surface area contributed by atoms with Crippen molar-refractivity contribution >= 4 is 11.4 Å². The number of nitrogens with zero attached hydrogens (tertiary/aromatic N) is 1. The Kier molecular flexibility index (Phi) is 2.32. The van der Waals surface area contributed by atoms with Crippen LogP contribution in [0.25, 0.3) is 0 Å². The van der Waals surface area contributed by atoms with Crippen molar-refractivity contribution in [1.29, 1.82) is 0 Å². The van der Waals surface area contributed by atoms with Crippen LogP contribution in [0.3, 0.4) is 0 Å². The molecule has 1 aliphatic carbocycles. The molecule has 0 saturated heterocycles. The molecule has 0 bridgehead atoms. The lowest BCUT2D eigenvalue weighted by Crippen LogP contribution is -2.16. The lowest BCUT2D eigenvalue weighted by Gasteiger charge is -2.13. The molecule has 0 aliphatic heterocycles. The van der Waals surface area contributed by atoms with Crippen LogP contribution in [-0.2, 0) is 0 Å². The van der Waals surface area contributed by atoms with Crippen LogP contribution in [0.1, 0.15) is 26.7 Å². The number of pyridine rings is 1. The molecule has 3 heteroatoms. The Morgan fingerprint density at radius 3 is 2.71 bits per heavy atom. The Bertz CT molecular complexity index is 318. The van der Waals surface area contributed by atoms with Crippen LogP contribution >= 0.6 is 0 Å². The second-order valence-corrected chi connectivity index (χ2v) is 4.18. The first kappa shape index (κ1) is 9.31. The van der Waals surface area contributed by atoms with Gasteiger partial charge in [0.05, 0.1) is 23.8 Å². The summed E-state index contributed by atoms with van der Waals surface area (Å²) in [4.78, 5) is 4.19. The van der Waals surface area contributed by atoms with Crippen molar-refractivity contribution in [2.75, 3.05) is 17.2 Å². The Balaban J connectivity index is 2.06. The molecule has 1 aromatic heterocycles. The topological polar surface area (TPSA) is 37.0 Å². The molecule has 76 valence electrons. The lowest BCUT2D eigenvalue weighted by molar-refractivity contribution is 0.828. The van der Waals surface area contributed by atoms with Crippen LogP contribution < -0.4 is 10.6 Å². The normalized spacial score (nSPS) is 17.6. The van der Waals surface area contributed by atoms with E-state index in [-0.39, 0.29) is 0 Å². The smallest absolute Gasteiger partial charge is 0.0551 e. The van der Waals surface area contributed by atoms with Crippen LogP contribution in [0, 0.1) is 0 Å². The van der Waals surface area contributed by atoms with Crippen LogP contribution in [0.2, 0.25) is 0 Å². The van der Waals surface area contributed by atoms with E-state index in [2.05, 4.69) is 35.5 Å². The number of anilines is 2. The van der Waals surface area contributed by atoms with Gasteiger partial charge in [-0.15, -0.1) is 0 Å². The molecule has 0 atom stereocenters. The van der Waals surface area contributed by atoms with Crippen molar-refractivity contribution in [1.82, 2.24) is 4.98 Å². The van der Waals surface area contributed by atoms with Crippen LogP contribution in [0.4, 0.5) is 11.4 Å². The highest BCUT2D eigenvalue weighted by molar-refractivity contribution is 5.55. The third-order valence-electron chi connectivity index (χ3n) is 2.57. The summed E-state index contributed by atoms with van der Waals surface area (Å²) in [7, 11) is 0. The summed E-state index contributed by atoms with van der Waals surface area (Å²) in [6, 6.07) is 2.11. The summed E-state index contributed by atoms with van der Waals surface area (Å²) in [5, 5.41) is 6.74. The molecule has 1 fully saturated rings. The first-order chi connectivity index (χ1) is 6.72. The monoisotopic (exact) mass is 191 g/mol. The molecule has 0 radical (unpaired) electrons. The second-order valence-electron chi connectivity index (χ2n) is 4.18. The van der Waals surface area contributed by atoms with E-state index < -0.39 is 0 Å². The highest BCUT2D eigenvalue weighted by Gasteiger charge is 2.36. The number of rotatable bonds is 4. The van der Waals surface area contributed by atoms with Gasteiger partial charge in [-0.1, -0.05) is 0 Å². The first-order valence-corrected chi connectivity index (χ1v) is 5.19. The van der Waals surface area contributed by atoms with Gasteiger partial charge in [0.25, 0.3) is 0 Å². The van der Waals surface area contributed by atoms with E-state index >= 15 is 0 Å². The summed E-state index contributed by atoms with van der Waals surface area (Å²) in [6.45, 7) is 5.26. The minimum Gasteiger partial charge on any atom is -0.384 e. The van der Waals surface area contributed by atoms with Crippen LogP contribution in [0.15, 0.2) is 18.5 Å². The van der Waals surface area contributed by atoms with Crippen molar-refractivity contribution < 1.29 is 0 Å². The molecule has 1 aromatic rings. The van der Waals surface area contributed by atoms with Crippen molar-refractivity contribution in [3.63, 3.8) is 0 Å². The highest BCUT2D eigenvalue weighted by atomic mass is 15.0. The summed E-state index contributed by atoms with van der Waals surface area (Å²) in [6.07, 6.45) is 6.26. The van der Waals surface area contributed by atoms with Gasteiger partial charge in [-0.05, 0) is 32.8 Å². The predicted octanol–water partition coefficient (Wildman–Crippen LogP) is 2.48. The number of aromatic nitrogens is 1. The van der Waals surface area contributed by atoms with Gasteiger partial charge in [-0.25, -0.2) is 0 Å². The number of hydrogen-bond acceptors (Lipinski definition) is 3. The molecular formula is C11H17N3. The summed E-state index contributed by atoms with van der Waals surface area (Å²) in [5.74, 6) is 0. The standard InChI is InChI=1S/C11H17N3/c1-3-13-9-6-10(8-12-7-9)14-11(2)4-5-11/h6-8,13-14H,3-5H2,1-2H3. The van der Waals surface area contributed by atoms with E-state index in [1.807, 2.05) is 12.4 Å². The van der Waals surface area contributed by atoms with E-state index in [0.717, 1.165) is 17.9 Å². The van der Waals surface area contributed by atoms with Gasteiger partial charge in [0.1, 0.15) is 0 Å². The SMILES string of the molecule is CCNc1cncc(NC2(C)CC2)c1. The Morgan fingerprint density at radius 2 is 2.07 bits per heavy atom. The van der Waals surface area contributed by atoms with E-state index in [0.29, 0.717) is 5.54 Å². The molecule has 2 rings (SSSR count). The molecule has 1 aliphatic rings. The zero-order chi connectivity index (χ0) is 10.0. The van der Waals surface area contributed by atoms with Gasteiger partial charge >= 0.3 is 0 Å². The third kappa shape index (κ3) is 2.16. The zero-order valence-corrected chi connectivity index (χ0v) is 8.80. The highest BCUT2D eigenvalue weighted by Crippen LogP contribution is 2.38. The summed E-state index contributed by atoms with van der Waals surface area (Å²) in [5.41, 5.74) is 2.53. The molecular weight excluding hydrogens is 174 g/mol. The fourth-order valence-corrected chi connectivity index (χ4v) is 1.47. The van der Waals surface area contributed by atoms with Crippen molar-refractivity contribution in [3.05, 3.63) is 18.5 Å². The average molecular weight is 191 g/mol. The minimum absolute atomic E-state index is 0.326. The summed E-state index contributed by atoms with van der Waals surface area (Å²) >= 11 is 0. The molecule has 2 N–H and O–H groups in total. The van der Waals surface area contributed by atoms with Crippen molar-refractivity contribution in [2.24, 2.45) is 0 Å². The molecule has 14 heavy (non-hydrogen) atoms. The van der Waals surface area contributed by atoms with Gasteiger partial charge in [-0.3, -0.25) is 4.98 Å². The molecule has 3 nitrogen and oxygen atoms in total. The third-order valence-corrected chi connectivity index (χ3v) is 2.57. The number of nitrogens with one attached hydrogen (secondary N) is 2.